The summed E-state index contributed by atoms with van der Waals surface area (Å²) in [7, 11) is 0. The van der Waals surface area contributed by atoms with Crippen LogP contribution in [-0.2, 0) is 9.59 Å². The lowest BCUT2D eigenvalue weighted by Crippen LogP contribution is -2.40. The molecule has 90 valence electrons. The van der Waals surface area contributed by atoms with Crippen LogP contribution in [0.15, 0.2) is 0 Å². The molecule has 0 saturated carbocycles. The predicted molar refractivity (Wildman–Crippen MR) is 49.1 cm³/mol. The average Bonchev–Trinajstić information content (AvgIpc) is 2.26. The van der Waals surface area contributed by atoms with Crippen molar-refractivity contribution in [1.82, 2.24) is 0 Å². The molecule has 3 unspecified atom stereocenters. The van der Waals surface area contributed by atoms with Gasteiger partial charge in [-0.2, -0.15) is 0 Å². The second kappa shape index (κ2) is 9.53. The van der Waals surface area contributed by atoms with Crippen LogP contribution in [0.3, 0.4) is 0 Å². The Hall–Kier alpha value is -1.02. The number of aliphatic carboxylic acids is 1. The molecule has 0 spiro atoms. The van der Waals surface area contributed by atoms with Crippen molar-refractivity contribution < 1.29 is 35.1 Å². The largest absolute Gasteiger partial charge is 0.481 e. The van der Waals surface area contributed by atoms with E-state index in [1.807, 2.05) is 0 Å². The van der Waals surface area contributed by atoms with E-state index in [9.17, 15) is 9.59 Å². The molecule has 5 N–H and O–H groups in total. The molecular formula is C8H16O7. The standard InChI is InChI=1S/C5H10O5.C3H6O2/c6-1-3(8)5(10)4(9)2-7;1-2-3(4)5/h1,3-5,7-10H,2H2;2H2,1H3,(H,4,5). The number of aliphatic hydroxyl groups is 4. The molecule has 0 aliphatic rings. The smallest absolute Gasteiger partial charge is 0.303 e. The van der Waals surface area contributed by atoms with Crippen LogP contribution in [0.4, 0.5) is 0 Å². The quantitative estimate of drug-likeness (QED) is 0.332. The average molecular weight is 224 g/mol. The van der Waals surface area contributed by atoms with Crippen LogP contribution in [0.5, 0.6) is 0 Å². The third kappa shape index (κ3) is 9.29. The van der Waals surface area contributed by atoms with Gasteiger partial charge in [0.1, 0.15) is 18.3 Å². The van der Waals surface area contributed by atoms with E-state index in [1.165, 1.54) is 0 Å². The Morgan fingerprint density at radius 3 is 1.93 bits per heavy atom. The predicted octanol–water partition coefficient (Wildman–Crippen LogP) is -2.26. The minimum absolute atomic E-state index is 0.0869. The highest BCUT2D eigenvalue weighted by Gasteiger charge is 2.22. The van der Waals surface area contributed by atoms with Gasteiger partial charge in [0.25, 0.3) is 0 Å². The molecule has 0 amide bonds. The van der Waals surface area contributed by atoms with E-state index in [-0.39, 0.29) is 12.7 Å². The van der Waals surface area contributed by atoms with Gasteiger partial charge in [-0.3, -0.25) is 4.79 Å². The number of rotatable bonds is 5. The van der Waals surface area contributed by atoms with Crippen molar-refractivity contribution >= 4 is 12.3 Å². The van der Waals surface area contributed by atoms with Gasteiger partial charge >= 0.3 is 5.97 Å². The first-order chi connectivity index (χ1) is 6.90. The summed E-state index contributed by atoms with van der Waals surface area (Å²) in [6.07, 6.45) is -4.41. The molecule has 0 aromatic rings. The van der Waals surface area contributed by atoms with Crippen molar-refractivity contribution in [1.29, 1.82) is 0 Å². The molecule has 0 fully saturated rings. The number of aliphatic hydroxyl groups excluding tert-OH is 4. The first-order valence-corrected chi connectivity index (χ1v) is 4.22. The second-order valence-corrected chi connectivity index (χ2v) is 2.61. The molecule has 7 nitrogen and oxygen atoms in total. The lowest BCUT2D eigenvalue weighted by Gasteiger charge is -2.16. The van der Waals surface area contributed by atoms with Gasteiger partial charge in [-0.25, -0.2) is 0 Å². The first-order valence-electron chi connectivity index (χ1n) is 4.22. The van der Waals surface area contributed by atoms with Crippen LogP contribution < -0.4 is 0 Å². The van der Waals surface area contributed by atoms with Crippen LogP contribution in [0.1, 0.15) is 13.3 Å². The van der Waals surface area contributed by atoms with Gasteiger partial charge in [0.2, 0.25) is 0 Å². The van der Waals surface area contributed by atoms with E-state index < -0.39 is 30.9 Å². The summed E-state index contributed by atoms with van der Waals surface area (Å²) < 4.78 is 0. The second-order valence-electron chi connectivity index (χ2n) is 2.61. The molecule has 0 aromatic carbocycles. The number of carboxylic acid groups (broad SMARTS) is 1. The molecule has 0 heterocycles. The van der Waals surface area contributed by atoms with Gasteiger partial charge < -0.3 is 30.3 Å². The van der Waals surface area contributed by atoms with Crippen LogP contribution in [-0.4, -0.2) is 62.7 Å². The Kier molecular flexibility index (Phi) is 10.4. The maximum absolute atomic E-state index is 9.76. The molecule has 0 saturated heterocycles. The summed E-state index contributed by atoms with van der Waals surface area (Å²) in [6, 6.07) is 0. The highest BCUT2D eigenvalue weighted by Crippen LogP contribution is 1.96. The fraction of sp³-hybridized carbons (Fsp3) is 0.750. The molecule has 0 aliphatic heterocycles. The number of hydrogen-bond acceptors (Lipinski definition) is 6. The summed E-state index contributed by atoms with van der Waals surface area (Å²) in [6.45, 7) is 0.911. The number of hydrogen-bond donors (Lipinski definition) is 5. The van der Waals surface area contributed by atoms with Crippen LogP contribution >= 0.6 is 0 Å². The Bertz CT molecular complexity index is 182. The third-order valence-corrected chi connectivity index (χ3v) is 1.37. The summed E-state index contributed by atoms with van der Waals surface area (Å²) >= 11 is 0. The zero-order chi connectivity index (χ0) is 12.4. The van der Waals surface area contributed by atoms with E-state index in [2.05, 4.69) is 0 Å². The topological polar surface area (TPSA) is 135 Å². The molecule has 0 rings (SSSR count). The molecular weight excluding hydrogens is 208 g/mol. The normalized spacial score (nSPS) is 15.5. The Morgan fingerprint density at radius 1 is 1.33 bits per heavy atom. The minimum Gasteiger partial charge on any atom is -0.481 e. The number of carbonyl (C=O) groups excluding carboxylic acids is 1. The van der Waals surface area contributed by atoms with Crippen molar-refractivity contribution in [2.75, 3.05) is 6.61 Å². The molecule has 0 bridgehead atoms. The van der Waals surface area contributed by atoms with Gasteiger partial charge in [-0.15, -0.1) is 0 Å². The number of aldehydes is 1. The van der Waals surface area contributed by atoms with E-state index in [0.717, 1.165) is 0 Å². The minimum atomic E-state index is -1.64. The first kappa shape index (κ1) is 16.4. The van der Waals surface area contributed by atoms with E-state index >= 15 is 0 Å². The van der Waals surface area contributed by atoms with Crippen molar-refractivity contribution in [3.05, 3.63) is 0 Å². The van der Waals surface area contributed by atoms with E-state index in [4.69, 9.17) is 25.5 Å². The fourth-order valence-electron chi connectivity index (χ4n) is 0.416. The zero-order valence-corrected chi connectivity index (χ0v) is 8.28. The lowest BCUT2D eigenvalue weighted by molar-refractivity contribution is -0.136. The van der Waals surface area contributed by atoms with Gasteiger partial charge in [0, 0.05) is 6.42 Å². The van der Waals surface area contributed by atoms with Crippen LogP contribution in [0, 0.1) is 0 Å². The van der Waals surface area contributed by atoms with Crippen molar-refractivity contribution in [3.63, 3.8) is 0 Å². The summed E-state index contributed by atoms with van der Waals surface area (Å²) in [5.41, 5.74) is 0. The SMILES string of the molecule is CCC(=O)O.O=CC(O)C(O)C(O)CO. The van der Waals surface area contributed by atoms with E-state index in [0.29, 0.717) is 0 Å². The molecule has 0 aromatic heterocycles. The van der Waals surface area contributed by atoms with E-state index in [1.54, 1.807) is 6.92 Å². The third-order valence-electron chi connectivity index (χ3n) is 1.37. The van der Waals surface area contributed by atoms with Gasteiger partial charge in [0.05, 0.1) is 6.61 Å². The van der Waals surface area contributed by atoms with Crippen LogP contribution in [0.25, 0.3) is 0 Å². The monoisotopic (exact) mass is 224 g/mol. The maximum Gasteiger partial charge on any atom is 0.303 e. The molecule has 3 atom stereocenters. The number of carbonyl (C=O) groups is 2. The zero-order valence-electron chi connectivity index (χ0n) is 8.28. The van der Waals surface area contributed by atoms with Gasteiger partial charge in [0.15, 0.2) is 6.29 Å². The van der Waals surface area contributed by atoms with Crippen molar-refractivity contribution in [3.8, 4) is 0 Å². The maximum atomic E-state index is 9.76. The Morgan fingerprint density at radius 2 is 1.73 bits per heavy atom. The Balaban J connectivity index is 0. The van der Waals surface area contributed by atoms with Crippen LogP contribution in [0.2, 0.25) is 0 Å². The lowest BCUT2D eigenvalue weighted by atomic mass is 10.1. The summed E-state index contributed by atoms with van der Waals surface area (Å²) in [5.74, 6) is -0.745. The summed E-state index contributed by atoms with van der Waals surface area (Å²) in [5, 5.41) is 41.8. The van der Waals surface area contributed by atoms with Crippen molar-refractivity contribution in [2.24, 2.45) is 0 Å². The van der Waals surface area contributed by atoms with Gasteiger partial charge in [-0.05, 0) is 0 Å². The highest BCUT2D eigenvalue weighted by atomic mass is 16.4. The molecule has 7 heteroatoms. The highest BCUT2D eigenvalue weighted by molar-refractivity contribution is 5.66. The molecule has 15 heavy (non-hydrogen) atoms. The Labute approximate surface area is 86.6 Å². The molecule has 0 aliphatic carbocycles. The summed E-state index contributed by atoms with van der Waals surface area (Å²) in [4.78, 5) is 19.1. The van der Waals surface area contributed by atoms with Gasteiger partial charge in [-0.1, -0.05) is 6.92 Å². The molecule has 0 radical (unpaired) electrons. The van der Waals surface area contributed by atoms with Crippen molar-refractivity contribution in [2.45, 2.75) is 31.7 Å². The number of carboxylic acids is 1. The fourth-order valence-corrected chi connectivity index (χ4v) is 0.416.